The number of benzene rings is 8. The number of fused-ring (bicyclic) bond motifs is 4. The molecule has 0 fully saturated rings. The van der Waals surface area contributed by atoms with Crippen molar-refractivity contribution >= 4 is 64.6 Å². The Morgan fingerprint density at radius 1 is 0.385 bits per heavy atom. The summed E-state index contributed by atoms with van der Waals surface area (Å²) in [6.07, 6.45) is 0. The Labute approximate surface area is 227 Å². The average molecular weight is 495 g/mol. The van der Waals surface area contributed by atoms with Gasteiger partial charge in [0.1, 0.15) is 0 Å². The highest BCUT2D eigenvalue weighted by atomic mass is 14.4. The molecule has 182 valence electrons. The fraction of sp³-hybridized carbons (Fsp3) is 0.0769. The second-order valence-corrected chi connectivity index (χ2v) is 11.7. The van der Waals surface area contributed by atoms with E-state index in [9.17, 15) is 0 Å². The van der Waals surface area contributed by atoms with Gasteiger partial charge in [0.2, 0.25) is 0 Å². The van der Waals surface area contributed by atoms with E-state index in [1.807, 2.05) is 0 Å². The maximum Gasteiger partial charge on any atom is 0.0159 e. The molecule has 8 aromatic rings. The third-order valence-corrected chi connectivity index (χ3v) is 9.39. The molecule has 9 rings (SSSR count). The number of rotatable bonds is 1. The molecular formula is C39H26. The Morgan fingerprint density at radius 3 is 1.90 bits per heavy atom. The molecule has 0 atom stereocenters. The summed E-state index contributed by atoms with van der Waals surface area (Å²) in [5.41, 5.74) is 5.44. The van der Waals surface area contributed by atoms with Crippen LogP contribution in [-0.4, -0.2) is 0 Å². The molecule has 8 aromatic carbocycles. The second-order valence-electron chi connectivity index (χ2n) is 11.7. The average Bonchev–Trinajstić information content (AvgIpc) is 2.98. The van der Waals surface area contributed by atoms with Crippen LogP contribution in [0.25, 0.3) is 75.8 Å². The first kappa shape index (κ1) is 21.3. The Kier molecular flexibility index (Phi) is 3.95. The van der Waals surface area contributed by atoms with Crippen molar-refractivity contribution in [1.29, 1.82) is 0 Å². The Balaban J connectivity index is 1.53. The van der Waals surface area contributed by atoms with E-state index < -0.39 is 0 Å². The van der Waals surface area contributed by atoms with Crippen molar-refractivity contribution in [2.45, 2.75) is 19.3 Å². The van der Waals surface area contributed by atoms with Crippen molar-refractivity contribution in [2.75, 3.05) is 0 Å². The molecule has 0 heteroatoms. The van der Waals surface area contributed by atoms with Gasteiger partial charge in [0.15, 0.2) is 0 Å². The zero-order chi connectivity index (χ0) is 25.9. The molecule has 0 saturated heterocycles. The minimum atomic E-state index is -0.0735. The van der Waals surface area contributed by atoms with Crippen molar-refractivity contribution < 1.29 is 0 Å². The molecule has 39 heavy (non-hydrogen) atoms. The highest BCUT2D eigenvalue weighted by Crippen LogP contribution is 2.51. The maximum atomic E-state index is 2.42. The van der Waals surface area contributed by atoms with Gasteiger partial charge in [0, 0.05) is 5.41 Å². The standard InChI is InChI=1S/C39H26/c1-39(2)33-13-7-10-24-14-15-25-17-19-30-29(20-21-34(39)38(30)36(25)35(24)33)37-28-12-6-4-9-26(28)22-32-27-11-5-3-8-23(27)16-18-31(32)37/h3-22H,1-2H3. The van der Waals surface area contributed by atoms with Crippen molar-refractivity contribution in [3.05, 3.63) is 132 Å². The lowest BCUT2D eigenvalue weighted by Gasteiger charge is -2.34. The van der Waals surface area contributed by atoms with Gasteiger partial charge in [-0.25, -0.2) is 0 Å². The van der Waals surface area contributed by atoms with Gasteiger partial charge in [-0.15, -0.1) is 0 Å². The first-order valence-electron chi connectivity index (χ1n) is 13.9. The van der Waals surface area contributed by atoms with Gasteiger partial charge >= 0.3 is 0 Å². The summed E-state index contributed by atoms with van der Waals surface area (Å²) in [5.74, 6) is 0. The highest BCUT2D eigenvalue weighted by Gasteiger charge is 2.33. The number of hydrogen-bond acceptors (Lipinski definition) is 0. The quantitative estimate of drug-likeness (QED) is 0.157. The summed E-state index contributed by atoms with van der Waals surface area (Å²) in [4.78, 5) is 0. The van der Waals surface area contributed by atoms with Crippen LogP contribution in [0.1, 0.15) is 25.0 Å². The summed E-state index contributed by atoms with van der Waals surface area (Å²) in [7, 11) is 0. The van der Waals surface area contributed by atoms with Gasteiger partial charge in [-0.1, -0.05) is 129 Å². The van der Waals surface area contributed by atoms with Gasteiger partial charge in [0.05, 0.1) is 0 Å². The molecule has 0 aliphatic heterocycles. The lowest BCUT2D eigenvalue weighted by molar-refractivity contribution is 0.652. The summed E-state index contributed by atoms with van der Waals surface area (Å²) in [6, 6.07) is 45.6. The third kappa shape index (κ3) is 2.64. The van der Waals surface area contributed by atoms with Crippen LogP contribution in [0.15, 0.2) is 121 Å². The predicted octanol–water partition coefficient (Wildman–Crippen LogP) is 10.9. The van der Waals surface area contributed by atoms with Crippen molar-refractivity contribution in [1.82, 2.24) is 0 Å². The normalized spacial score (nSPS) is 14.1. The van der Waals surface area contributed by atoms with E-state index in [-0.39, 0.29) is 5.41 Å². The summed E-state index contributed by atoms with van der Waals surface area (Å²) >= 11 is 0. The van der Waals surface area contributed by atoms with Crippen LogP contribution < -0.4 is 0 Å². The summed E-state index contributed by atoms with van der Waals surface area (Å²) in [6.45, 7) is 4.79. The molecule has 0 aromatic heterocycles. The summed E-state index contributed by atoms with van der Waals surface area (Å²) in [5, 5.41) is 16.1. The van der Waals surface area contributed by atoms with Crippen molar-refractivity contribution in [2.24, 2.45) is 0 Å². The van der Waals surface area contributed by atoms with E-state index in [1.54, 1.807) is 0 Å². The molecule has 0 spiro atoms. The van der Waals surface area contributed by atoms with E-state index in [1.165, 1.54) is 86.9 Å². The zero-order valence-electron chi connectivity index (χ0n) is 22.0. The van der Waals surface area contributed by atoms with Gasteiger partial charge in [-0.2, -0.15) is 0 Å². The van der Waals surface area contributed by atoms with Crippen molar-refractivity contribution in [3.63, 3.8) is 0 Å². The van der Waals surface area contributed by atoms with Gasteiger partial charge < -0.3 is 0 Å². The van der Waals surface area contributed by atoms with E-state index in [2.05, 4.69) is 135 Å². The molecule has 0 N–H and O–H groups in total. The van der Waals surface area contributed by atoms with Crippen molar-refractivity contribution in [3.8, 4) is 11.1 Å². The van der Waals surface area contributed by atoms with Crippen LogP contribution in [0.5, 0.6) is 0 Å². The minimum Gasteiger partial charge on any atom is -0.0616 e. The van der Waals surface area contributed by atoms with E-state index in [0.717, 1.165) is 0 Å². The third-order valence-electron chi connectivity index (χ3n) is 9.39. The Hall–Kier alpha value is -4.68. The van der Waals surface area contributed by atoms with E-state index >= 15 is 0 Å². The lowest BCUT2D eigenvalue weighted by Crippen LogP contribution is -2.22. The lowest BCUT2D eigenvalue weighted by atomic mass is 9.69. The molecule has 1 aliphatic carbocycles. The van der Waals surface area contributed by atoms with Gasteiger partial charge in [-0.3, -0.25) is 0 Å². The van der Waals surface area contributed by atoms with Crippen LogP contribution in [0.3, 0.4) is 0 Å². The topological polar surface area (TPSA) is 0 Å². The highest BCUT2D eigenvalue weighted by molar-refractivity contribution is 6.28. The van der Waals surface area contributed by atoms with Gasteiger partial charge in [-0.05, 0) is 93.0 Å². The first-order chi connectivity index (χ1) is 19.1. The molecule has 1 aliphatic rings. The van der Waals surface area contributed by atoms with Crippen LogP contribution in [0.4, 0.5) is 0 Å². The maximum absolute atomic E-state index is 2.42. The smallest absolute Gasteiger partial charge is 0.0159 e. The molecule has 0 unspecified atom stereocenters. The second kappa shape index (κ2) is 7.24. The summed E-state index contributed by atoms with van der Waals surface area (Å²) < 4.78 is 0. The molecule has 0 amide bonds. The first-order valence-corrected chi connectivity index (χ1v) is 13.9. The molecule has 0 saturated carbocycles. The van der Waals surface area contributed by atoms with Crippen LogP contribution in [0, 0.1) is 0 Å². The fourth-order valence-electron chi connectivity index (χ4n) is 7.55. The van der Waals surface area contributed by atoms with Crippen LogP contribution >= 0.6 is 0 Å². The molecular weight excluding hydrogens is 468 g/mol. The van der Waals surface area contributed by atoms with Crippen LogP contribution in [-0.2, 0) is 5.41 Å². The Morgan fingerprint density at radius 2 is 1.03 bits per heavy atom. The monoisotopic (exact) mass is 494 g/mol. The van der Waals surface area contributed by atoms with E-state index in [0.29, 0.717) is 0 Å². The Bertz CT molecular complexity index is 2350. The SMILES string of the molecule is CC1(C)c2cccc3ccc4ccc5c(-c6c7ccccc7cc7c6ccc6ccccc67)ccc1c5c4c23. The fourth-order valence-corrected chi connectivity index (χ4v) is 7.55. The largest absolute Gasteiger partial charge is 0.0616 e. The van der Waals surface area contributed by atoms with E-state index in [4.69, 9.17) is 0 Å². The molecule has 0 radical (unpaired) electrons. The predicted molar refractivity (Wildman–Crippen MR) is 169 cm³/mol. The zero-order valence-corrected chi connectivity index (χ0v) is 22.0. The molecule has 0 heterocycles. The number of hydrogen-bond donors (Lipinski definition) is 0. The van der Waals surface area contributed by atoms with Crippen LogP contribution in [0.2, 0.25) is 0 Å². The van der Waals surface area contributed by atoms with Gasteiger partial charge in [0.25, 0.3) is 0 Å². The molecule has 0 bridgehead atoms. The minimum absolute atomic E-state index is 0.0735. The molecule has 0 nitrogen and oxygen atoms in total.